The van der Waals surface area contributed by atoms with Crippen LogP contribution in [-0.2, 0) is 0 Å². The SMILES string of the molecule is CCCC(NC1CCCC(O)C1)c1ccccc1. The Labute approximate surface area is 110 Å². The Morgan fingerprint density at radius 1 is 1.28 bits per heavy atom. The van der Waals surface area contributed by atoms with Crippen LogP contribution < -0.4 is 5.32 Å². The van der Waals surface area contributed by atoms with Crippen LogP contribution in [0, 0.1) is 0 Å². The van der Waals surface area contributed by atoms with E-state index in [0.717, 1.165) is 25.7 Å². The van der Waals surface area contributed by atoms with Crippen LogP contribution in [0.5, 0.6) is 0 Å². The zero-order valence-electron chi connectivity index (χ0n) is 11.3. The third-order valence-electron chi connectivity index (χ3n) is 3.86. The number of rotatable bonds is 5. The monoisotopic (exact) mass is 247 g/mol. The number of nitrogens with one attached hydrogen (secondary N) is 1. The average molecular weight is 247 g/mol. The maximum atomic E-state index is 9.75. The van der Waals surface area contributed by atoms with Gasteiger partial charge in [0.05, 0.1) is 6.10 Å². The molecule has 1 aromatic rings. The molecule has 1 saturated carbocycles. The van der Waals surface area contributed by atoms with E-state index in [4.69, 9.17) is 0 Å². The van der Waals surface area contributed by atoms with Crippen molar-refractivity contribution in [1.29, 1.82) is 0 Å². The van der Waals surface area contributed by atoms with Gasteiger partial charge >= 0.3 is 0 Å². The lowest BCUT2D eigenvalue weighted by atomic mass is 9.91. The number of benzene rings is 1. The molecule has 0 aliphatic heterocycles. The Hall–Kier alpha value is -0.860. The van der Waals surface area contributed by atoms with Crippen molar-refractivity contribution < 1.29 is 5.11 Å². The van der Waals surface area contributed by atoms with Crippen molar-refractivity contribution in [3.05, 3.63) is 35.9 Å². The van der Waals surface area contributed by atoms with E-state index in [1.54, 1.807) is 0 Å². The molecule has 1 fully saturated rings. The van der Waals surface area contributed by atoms with Crippen LogP contribution in [0.25, 0.3) is 0 Å². The summed E-state index contributed by atoms with van der Waals surface area (Å²) in [5.74, 6) is 0. The quantitative estimate of drug-likeness (QED) is 0.835. The van der Waals surface area contributed by atoms with Crippen LogP contribution in [-0.4, -0.2) is 17.3 Å². The van der Waals surface area contributed by atoms with Gasteiger partial charge in [-0.1, -0.05) is 43.7 Å². The maximum Gasteiger partial charge on any atom is 0.0555 e. The predicted octanol–water partition coefficient (Wildman–Crippen LogP) is 3.42. The van der Waals surface area contributed by atoms with Crippen molar-refractivity contribution in [2.24, 2.45) is 0 Å². The van der Waals surface area contributed by atoms with Gasteiger partial charge in [0.2, 0.25) is 0 Å². The Bertz CT molecular complexity index is 338. The van der Waals surface area contributed by atoms with E-state index < -0.39 is 0 Å². The van der Waals surface area contributed by atoms with E-state index in [1.165, 1.54) is 18.4 Å². The molecule has 1 aromatic carbocycles. The molecule has 18 heavy (non-hydrogen) atoms. The Morgan fingerprint density at radius 3 is 2.72 bits per heavy atom. The summed E-state index contributed by atoms with van der Waals surface area (Å²) in [5, 5.41) is 13.5. The minimum atomic E-state index is -0.103. The van der Waals surface area contributed by atoms with Crippen molar-refractivity contribution in [3.63, 3.8) is 0 Å². The van der Waals surface area contributed by atoms with E-state index in [-0.39, 0.29) is 6.10 Å². The normalized spacial score (nSPS) is 25.9. The molecule has 2 N–H and O–H groups in total. The van der Waals surface area contributed by atoms with Gasteiger partial charge in [0.25, 0.3) is 0 Å². The number of aliphatic hydroxyl groups excluding tert-OH is 1. The lowest BCUT2D eigenvalue weighted by Gasteiger charge is -2.31. The summed E-state index contributed by atoms with van der Waals surface area (Å²) in [5.41, 5.74) is 1.37. The summed E-state index contributed by atoms with van der Waals surface area (Å²) in [6.07, 6.45) is 6.47. The molecule has 2 nitrogen and oxygen atoms in total. The number of aliphatic hydroxyl groups is 1. The molecule has 2 rings (SSSR count). The maximum absolute atomic E-state index is 9.75. The second-order valence-corrected chi connectivity index (χ2v) is 5.44. The van der Waals surface area contributed by atoms with Gasteiger partial charge in [0.1, 0.15) is 0 Å². The van der Waals surface area contributed by atoms with Crippen molar-refractivity contribution in [1.82, 2.24) is 5.32 Å². The Morgan fingerprint density at radius 2 is 2.06 bits per heavy atom. The third kappa shape index (κ3) is 3.82. The summed E-state index contributed by atoms with van der Waals surface area (Å²) in [7, 11) is 0. The summed E-state index contributed by atoms with van der Waals surface area (Å²) < 4.78 is 0. The van der Waals surface area contributed by atoms with E-state index in [1.807, 2.05) is 0 Å². The highest BCUT2D eigenvalue weighted by molar-refractivity contribution is 5.19. The molecule has 0 amide bonds. The van der Waals surface area contributed by atoms with E-state index in [2.05, 4.69) is 42.6 Å². The fraction of sp³-hybridized carbons (Fsp3) is 0.625. The van der Waals surface area contributed by atoms with Crippen LogP contribution in [0.15, 0.2) is 30.3 Å². The van der Waals surface area contributed by atoms with Crippen molar-refractivity contribution >= 4 is 0 Å². The van der Waals surface area contributed by atoms with Crippen LogP contribution in [0.2, 0.25) is 0 Å². The van der Waals surface area contributed by atoms with Crippen molar-refractivity contribution in [3.8, 4) is 0 Å². The molecular weight excluding hydrogens is 222 g/mol. The number of hydrogen-bond donors (Lipinski definition) is 2. The predicted molar refractivity (Wildman–Crippen MR) is 75.5 cm³/mol. The van der Waals surface area contributed by atoms with Gasteiger partial charge < -0.3 is 10.4 Å². The van der Waals surface area contributed by atoms with Crippen LogP contribution >= 0.6 is 0 Å². The zero-order valence-corrected chi connectivity index (χ0v) is 11.3. The summed E-state index contributed by atoms with van der Waals surface area (Å²) in [6.45, 7) is 2.23. The topological polar surface area (TPSA) is 32.3 Å². The highest BCUT2D eigenvalue weighted by Gasteiger charge is 2.22. The lowest BCUT2D eigenvalue weighted by Crippen LogP contribution is -2.38. The fourth-order valence-corrected chi connectivity index (χ4v) is 2.92. The smallest absolute Gasteiger partial charge is 0.0555 e. The van der Waals surface area contributed by atoms with E-state index >= 15 is 0 Å². The molecule has 100 valence electrons. The van der Waals surface area contributed by atoms with Gasteiger partial charge in [-0.15, -0.1) is 0 Å². The van der Waals surface area contributed by atoms with E-state index in [0.29, 0.717) is 12.1 Å². The minimum Gasteiger partial charge on any atom is -0.393 e. The highest BCUT2D eigenvalue weighted by atomic mass is 16.3. The first-order valence-corrected chi connectivity index (χ1v) is 7.28. The van der Waals surface area contributed by atoms with Gasteiger partial charge in [-0.2, -0.15) is 0 Å². The second kappa shape index (κ2) is 6.91. The molecule has 3 atom stereocenters. The van der Waals surface area contributed by atoms with Gasteiger partial charge in [-0.25, -0.2) is 0 Å². The zero-order chi connectivity index (χ0) is 12.8. The first kappa shape index (κ1) is 13.6. The molecule has 0 spiro atoms. The third-order valence-corrected chi connectivity index (χ3v) is 3.86. The van der Waals surface area contributed by atoms with E-state index in [9.17, 15) is 5.11 Å². The molecule has 1 aliphatic carbocycles. The van der Waals surface area contributed by atoms with Crippen molar-refractivity contribution in [2.75, 3.05) is 0 Å². The highest BCUT2D eigenvalue weighted by Crippen LogP contribution is 2.24. The molecule has 2 heteroatoms. The summed E-state index contributed by atoms with van der Waals surface area (Å²) in [6, 6.07) is 11.6. The Balaban J connectivity index is 1.97. The first-order chi connectivity index (χ1) is 8.79. The second-order valence-electron chi connectivity index (χ2n) is 5.44. The van der Waals surface area contributed by atoms with Crippen LogP contribution in [0.4, 0.5) is 0 Å². The fourth-order valence-electron chi connectivity index (χ4n) is 2.92. The summed E-state index contributed by atoms with van der Waals surface area (Å²) >= 11 is 0. The Kier molecular flexibility index (Phi) is 5.21. The average Bonchev–Trinajstić information content (AvgIpc) is 2.39. The standard InChI is InChI=1S/C16H25NO/c1-2-7-16(13-8-4-3-5-9-13)17-14-10-6-11-15(18)12-14/h3-5,8-9,14-18H,2,6-7,10-12H2,1H3. The van der Waals surface area contributed by atoms with Crippen molar-refractivity contribution in [2.45, 2.75) is 63.6 Å². The summed E-state index contributed by atoms with van der Waals surface area (Å²) in [4.78, 5) is 0. The molecule has 0 radical (unpaired) electrons. The van der Waals surface area contributed by atoms with Crippen LogP contribution in [0.3, 0.4) is 0 Å². The first-order valence-electron chi connectivity index (χ1n) is 7.28. The largest absolute Gasteiger partial charge is 0.393 e. The molecular formula is C16H25NO. The molecule has 0 heterocycles. The molecule has 3 unspecified atom stereocenters. The minimum absolute atomic E-state index is 0.103. The molecule has 1 aliphatic rings. The lowest BCUT2D eigenvalue weighted by molar-refractivity contribution is 0.108. The van der Waals surface area contributed by atoms with Crippen LogP contribution in [0.1, 0.15) is 57.1 Å². The molecule has 0 aromatic heterocycles. The number of hydrogen-bond acceptors (Lipinski definition) is 2. The van der Waals surface area contributed by atoms with Gasteiger partial charge in [-0.05, 0) is 37.7 Å². The van der Waals surface area contributed by atoms with Gasteiger partial charge in [0.15, 0.2) is 0 Å². The van der Waals surface area contributed by atoms with Gasteiger partial charge in [0, 0.05) is 12.1 Å². The molecule has 0 bridgehead atoms. The van der Waals surface area contributed by atoms with Gasteiger partial charge in [-0.3, -0.25) is 0 Å². The molecule has 0 saturated heterocycles.